The molecule has 96 valence electrons. The molecule has 0 radical (unpaired) electrons. The average Bonchev–Trinajstić information content (AvgIpc) is 2.78. The number of hydrogen-bond donors (Lipinski definition) is 0. The second kappa shape index (κ2) is 5.12. The Morgan fingerprint density at radius 1 is 1.17 bits per heavy atom. The van der Waals surface area contributed by atoms with E-state index < -0.39 is 0 Å². The van der Waals surface area contributed by atoms with Crippen LogP contribution >= 0.6 is 0 Å². The molecule has 18 heavy (non-hydrogen) atoms. The maximum Gasteiger partial charge on any atom is 0.127 e. The average molecular weight is 246 g/mol. The van der Waals surface area contributed by atoms with Crippen LogP contribution in [-0.2, 0) is 13.5 Å². The lowest BCUT2D eigenvalue weighted by Crippen LogP contribution is -1.98. The molecule has 2 rings (SSSR count). The molecule has 0 fully saturated rings. The SMILES string of the molecule is CCc1c(-c2cc(OC)ccc2OC)cnn1C. The van der Waals surface area contributed by atoms with E-state index in [4.69, 9.17) is 9.47 Å². The van der Waals surface area contributed by atoms with Crippen LogP contribution in [0.15, 0.2) is 24.4 Å². The van der Waals surface area contributed by atoms with Gasteiger partial charge in [0, 0.05) is 23.9 Å². The van der Waals surface area contributed by atoms with Crippen LogP contribution in [0.3, 0.4) is 0 Å². The van der Waals surface area contributed by atoms with Crippen molar-refractivity contribution in [3.05, 3.63) is 30.1 Å². The lowest BCUT2D eigenvalue weighted by molar-refractivity contribution is 0.404. The number of rotatable bonds is 4. The van der Waals surface area contributed by atoms with Crippen LogP contribution in [0, 0.1) is 0 Å². The highest BCUT2D eigenvalue weighted by Gasteiger charge is 2.14. The first-order valence-electron chi connectivity index (χ1n) is 5.94. The van der Waals surface area contributed by atoms with E-state index in [9.17, 15) is 0 Å². The van der Waals surface area contributed by atoms with Crippen LogP contribution in [0.25, 0.3) is 11.1 Å². The number of hydrogen-bond acceptors (Lipinski definition) is 3. The first-order valence-corrected chi connectivity index (χ1v) is 5.94. The summed E-state index contributed by atoms with van der Waals surface area (Å²) in [5.74, 6) is 1.65. The molecule has 0 N–H and O–H groups in total. The Kier molecular flexibility index (Phi) is 3.55. The smallest absolute Gasteiger partial charge is 0.127 e. The van der Waals surface area contributed by atoms with Gasteiger partial charge in [0.05, 0.1) is 20.4 Å². The zero-order valence-electron chi connectivity index (χ0n) is 11.2. The summed E-state index contributed by atoms with van der Waals surface area (Å²) in [5, 5.41) is 4.31. The Hall–Kier alpha value is -1.97. The van der Waals surface area contributed by atoms with Crippen molar-refractivity contribution in [1.82, 2.24) is 9.78 Å². The van der Waals surface area contributed by atoms with Gasteiger partial charge in [0.1, 0.15) is 11.5 Å². The van der Waals surface area contributed by atoms with Gasteiger partial charge in [0.2, 0.25) is 0 Å². The third kappa shape index (κ3) is 2.06. The molecule has 0 bridgehead atoms. The third-order valence-electron chi connectivity index (χ3n) is 3.09. The van der Waals surface area contributed by atoms with Gasteiger partial charge in [-0.15, -0.1) is 0 Å². The zero-order valence-corrected chi connectivity index (χ0v) is 11.2. The predicted molar refractivity (Wildman–Crippen MR) is 71.1 cm³/mol. The van der Waals surface area contributed by atoms with Gasteiger partial charge in [-0.2, -0.15) is 5.10 Å². The minimum Gasteiger partial charge on any atom is -0.497 e. The van der Waals surface area contributed by atoms with Crippen molar-refractivity contribution in [3.8, 4) is 22.6 Å². The van der Waals surface area contributed by atoms with Crippen molar-refractivity contribution in [2.45, 2.75) is 13.3 Å². The molecule has 0 saturated carbocycles. The van der Waals surface area contributed by atoms with E-state index in [0.29, 0.717) is 0 Å². The summed E-state index contributed by atoms with van der Waals surface area (Å²) in [7, 11) is 5.29. The molecule has 0 unspecified atom stereocenters. The molecule has 1 aromatic heterocycles. The first kappa shape index (κ1) is 12.5. The molecule has 2 aromatic rings. The van der Waals surface area contributed by atoms with Crippen molar-refractivity contribution in [1.29, 1.82) is 0 Å². The zero-order chi connectivity index (χ0) is 13.1. The summed E-state index contributed by atoms with van der Waals surface area (Å²) in [5.41, 5.74) is 3.29. The normalized spacial score (nSPS) is 10.4. The number of aromatic nitrogens is 2. The van der Waals surface area contributed by atoms with Gasteiger partial charge in [0.25, 0.3) is 0 Å². The minimum atomic E-state index is 0.816. The second-order valence-electron chi connectivity index (χ2n) is 4.05. The summed E-state index contributed by atoms with van der Waals surface area (Å²) in [6, 6.07) is 5.79. The molecule has 0 amide bonds. The summed E-state index contributed by atoms with van der Waals surface area (Å²) >= 11 is 0. The maximum absolute atomic E-state index is 5.42. The molecule has 0 aliphatic carbocycles. The van der Waals surface area contributed by atoms with E-state index in [0.717, 1.165) is 29.0 Å². The Morgan fingerprint density at radius 3 is 2.56 bits per heavy atom. The maximum atomic E-state index is 5.42. The van der Waals surface area contributed by atoms with E-state index in [2.05, 4.69) is 12.0 Å². The number of methoxy groups -OCH3 is 2. The lowest BCUT2D eigenvalue weighted by Gasteiger charge is -2.11. The summed E-state index contributed by atoms with van der Waals surface area (Å²) in [6.45, 7) is 2.12. The van der Waals surface area contributed by atoms with Crippen molar-refractivity contribution in [2.24, 2.45) is 7.05 Å². The molecule has 0 aliphatic rings. The van der Waals surface area contributed by atoms with Crippen LogP contribution in [0.1, 0.15) is 12.6 Å². The third-order valence-corrected chi connectivity index (χ3v) is 3.09. The molecule has 4 nitrogen and oxygen atoms in total. The number of ether oxygens (including phenoxy) is 2. The van der Waals surface area contributed by atoms with Gasteiger partial charge in [-0.1, -0.05) is 6.92 Å². The molecule has 0 saturated heterocycles. The Labute approximate surface area is 107 Å². The van der Waals surface area contributed by atoms with Gasteiger partial charge in [0.15, 0.2) is 0 Å². The highest BCUT2D eigenvalue weighted by atomic mass is 16.5. The fourth-order valence-corrected chi connectivity index (χ4v) is 2.13. The van der Waals surface area contributed by atoms with Crippen LogP contribution in [0.2, 0.25) is 0 Å². The van der Waals surface area contributed by atoms with Gasteiger partial charge in [-0.05, 0) is 24.6 Å². The van der Waals surface area contributed by atoms with Crippen molar-refractivity contribution < 1.29 is 9.47 Å². The van der Waals surface area contributed by atoms with Gasteiger partial charge < -0.3 is 9.47 Å². The van der Waals surface area contributed by atoms with E-state index in [-0.39, 0.29) is 0 Å². The fourth-order valence-electron chi connectivity index (χ4n) is 2.13. The van der Waals surface area contributed by atoms with Gasteiger partial charge >= 0.3 is 0 Å². The van der Waals surface area contributed by atoms with Crippen molar-refractivity contribution >= 4 is 0 Å². The molecule has 1 aromatic carbocycles. The number of benzene rings is 1. The van der Waals surface area contributed by atoms with E-state index in [1.807, 2.05) is 36.1 Å². The van der Waals surface area contributed by atoms with Crippen molar-refractivity contribution in [3.63, 3.8) is 0 Å². The van der Waals surface area contributed by atoms with E-state index >= 15 is 0 Å². The second-order valence-corrected chi connectivity index (χ2v) is 4.05. The van der Waals surface area contributed by atoms with Gasteiger partial charge in [-0.3, -0.25) is 4.68 Å². The standard InChI is InChI=1S/C14H18N2O2/c1-5-13-12(9-15-16(13)2)11-8-10(17-3)6-7-14(11)18-4/h6-9H,5H2,1-4H3. The summed E-state index contributed by atoms with van der Waals surface area (Å²) < 4.78 is 12.6. The Morgan fingerprint density at radius 2 is 1.94 bits per heavy atom. The quantitative estimate of drug-likeness (QED) is 0.832. The van der Waals surface area contributed by atoms with Crippen LogP contribution in [0.5, 0.6) is 11.5 Å². The molecule has 0 spiro atoms. The molecular weight excluding hydrogens is 228 g/mol. The summed E-state index contributed by atoms with van der Waals surface area (Å²) in [4.78, 5) is 0. The molecule has 4 heteroatoms. The topological polar surface area (TPSA) is 36.3 Å². The largest absolute Gasteiger partial charge is 0.497 e. The molecule has 0 aliphatic heterocycles. The van der Waals surface area contributed by atoms with Crippen LogP contribution < -0.4 is 9.47 Å². The minimum absolute atomic E-state index is 0.816. The van der Waals surface area contributed by atoms with Crippen molar-refractivity contribution in [2.75, 3.05) is 14.2 Å². The monoisotopic (exact) mass is 246 g/mol. The molecular formula is C14H18N2O2. The van der Waals surface area contributed by atoms with Crippen LogP contribution in [0.4, 0.5) is 0 Å². The molecule has 0 atom stereocenters. The summed E-state index contributed by atoms with van der Waals surface area (Å²) in [6.07, 6.45) is 2.79. The number of aryl methyl sites for hydroxylation is 1. The van der Waals surface area contributed by atoms with Gasteiger partial charge in [-0.25, -0.2) is 0 Å². The lowest BCUT2D eigenvalue weighted by atomic mass is 10.0. The van der Waals surface area contributed by atoms with E-state index in [1.54, 1.807) is 14.2 Å². The first-order chi connectivity index (χ1) is 8.71. The van der Waals surface area contributed by atoms with Crippen LogP contribution in [-0.4, -0.2) is 24.0 Å². The Bertz CT molecular complexity index is 547. The highest BCUT2D eigenvalue weighted by Crippen LogP contribution is 2.35. The predicted octanol–water partition coefficient (Wildman–Crippen LogP) is 2.67. The van der Waals surface area contributed by atoms with E-state index in [1.165, 1.54) is 5.69 Å². The number of nitrogens with zero attached hydrogens (tertiary/aromatic N) is 2. The molecule has 1 heterocycles. The fraction of sp³-hybridized carbons (Fsp3) is 0.357. The Balaban J connectivity index is 2.60. The highest BCUT2D eigenvalue weighted by molar-refractivity contribution is 5.73.